The van der Waals surface area contributed by atoms with E-state index in [9.17, 15) is 9.65 Å². The zero-order valence-corrected chi connectivity index (χ0v) is 17.8. The van der Waals surface area contributed by atoms with Crippen LogP contribution in [-0.2, 0) is 11.8 Å². The van der Waals surface area contributed by atoms with Crippen LogP contribution in [0.4, 0.5) is 4.39 Å². The summed E-state index contributed by atoms with van der Waals surface area (Å²) in [5.74, 6) is 0.0252. The maximum Gasteiger partial charge on any atom is 0.128 e. The Kier molecular flexibility index (Phi) is 7.45. The Morgan fingerprint density at radius 2 is 1.76 bits per heavy atom. The van der Waals surface area contributed by atoms with Crippen LogP contribution in [0.25, 0.3) is 0 Å². The molecule has 2 aromatic rings. The molecule has 0 aliphatic heterocycles. The molecule has 0 heterocycles. The van der Waals surface area contributed by atoms with Gasteiger partial charge in [0.15, 0.2) is 0 Å². The lowest BCUT2D eigenvalue weighted by molar-refractivity contribution is 0.217. The molecule has 1 fully saturated rings. The van der Waals surface area contributed by atoms with Gasteiger partial charge in [0, 0.05) is 18.2 Å². The minimum absolute atomic E-state index is 0.231. The van der Waals surface area contributed by atoms with Gasteiger partial charge in [-0.25, -0.2) is 4.39 Å². The van der Waals surface area contributed by atoms with E-state index >= 15 is 0 Å². The van der Waals surface area contributed by atoms with Crippen LogP contribution < -0.4 is 0 Å². The average Bonchev–Trinajstić information content (AvgIpc) is 3.30. The summed E-state index contributed by atoms with van der Waals surface area (Å²) in [6.45, 7) is 3.21. The van der Waals surface area contributed by atoms with E-state index in [-0.39, 0.29) is 11.7 Å². The van der Waals surface area contributed by atoms with E-state index in [0.717, 1.165) is 45.1 Å². The van der Waals surface area contributed by atoms with E-state index in [2.05, 4.69) is 49.2 Å². The number of rotatable bonds is 9. The Morgan fingerprint density at radius 3 is 2.41 bits per heavy atom. The van der Waals surface area contributed by atoms with Crippen molar-refractivity contribution in [2.75, 3.05) is 13.6 Å². The maximum absolute atomic E-state index is 14.8. The fourth-order valence-corrected chi connectivity index (χ4v) is 4.84. The third-order valence-electron chi connectivity index (χ3n) is 6.91. The Balaban J connectivity index is 1.69. The van der Waals surface area contributed by atoms with Crippen LogP contribution in [0.2, 0.25) is 0 Å². The lowest BCUT2D eigenvalue weighted by Crippen LogP contribution is -2.37. The molecule has 0 radical (unpaired) electrons. The molecule has 3 rings (SSSR count). The summed E-state index contributed by atoms with van der Waals surface area (Å²) in [5, 5.41) is 10.3. The molecule has 154 valence electrons. The van der Waals surface area contributed by atoms with Gasteiger partial charge in [0.2, 0.25) is 0 Å². The van der Waals surface area contributed by atoms with Crippen LogP contribution in [0.3, 0.4) is 0 Å². The lowest BCUT2D eigenvalue weighted by atomic mass is 9.67. The summed E-state index contributed by atoms with van der Waals surface area (Å²) in [4.78, 5) is 2.37. The van der Waals surface area contributed by atoms with E-state index < -0.39 is 5.41 Å². The topological polar surface area (TPSA) is 27.0 Å². The molecule has 1 saturated carbocycles. The molecule has 2 unspecified atom stereocenters. The van der Waals surface area contributed by atoms with E-state index in [0.29, 0.717) is 18.0 Å². The average molecular weight is 393 g/mol. The molecule has 2 aromatic carbocycles. The summed E-state index contributed by atoms with van der Waals surface area (Å²) in [6, 6.07) is 20.4. The number of likely N-dealkylation sites (N-methyl/N-ethyl adjacent to an activating group) is 1. The molecular formula is C26H33FN2. The number of nitriles is 1. The Bertz CT molecular complexity index is 807. The summed E-state index contributed by atoms with van der Waals surface area (Å²) in [5.41, 5.74) is 1.24. The monoisotopic (exact) mass is 392 g/mol. The zero-order chi connectivity index (χ0) is 20.7. The second-order valence-electron chi connectivity index (χ2n) is 8.65. The molecule has 2 atom stereocenters. The molecule has 0 N–H and O–H groups in total. The van der Waals surface area contributed by atoms with Crippen molar-refractivity contribution in [3.63, 3.8) is 0 Å². The van der Waals surface area contributed by atoms with Crippen molar-refractivity contribution in [2.24, 2.45) is 5.92 Å². The van der Waals surface area contributed by atoms with Crippen LogP contribution in [0.15, 0.2) is 54.6 Å². The van der Waals surface area contributed by atoms with Crippen LogP contribution in [-0.4, -0.2) is 24.5 Å². The first kappa shape index (κ1) is 21.5. The fourth-order valence-electron chi connectivity index (χ4n) is 4.84. The highest BCUT2D eigenvalue weighted by Gasteiger charge is 2.43. The van der Waals surface area contributed by atoms with Gasteiger partial charge in [0.05, 0.1) is 11.5 Å². The van der Waals surface area contributed by atoms with Gasteiger partial charge >= 0.3 is 0 Å². The van der Waals surface area contributed by atoms with Crippen molar-refractivity contribution in [2.45, 2.75) is 63.3 Å². The van der Waals surface area contributed by atoms with Crippen molar-refractivity contribution in [3.05, 3.63) is 71.5 Å². The Morgan fingerprint density at radius 1 is 1.10 bits per heavy atom. The van der Waals surface area contributed by atoms with Gasteiger partial charge in [0.25, 0.3) is 0 Å². The molecule has 0 saturated heterocycles. The second kappa shape index (κ2) is 10.0. The predicted molar refractivity (Wildman–Crippen MR) is 117 cm³/mol. The summed E-state index contributed by atoms with van der Waals surface area (Å²) in [6.07, 6.45) is 6.97. The first-order valence-corrected chi connectivity index (χ1v) is 11.0. The first-order valence-electron chi connectivity index (χ1n) is 11.0. The van der Waals surface area contributed by atoms with Gasteiger partial charge in [-0.1, -0.05) is 61.4 Å². The van der Waals surface area contributed by atoms with E-state index in [1.807, 2.05) is 18.2 Å². The molecule has 0 aromatic heterocycles. The highest BCUT2D eigenvalue weighted by atomic mass is 19.1. The van der Waals surface area contributed by atoms with Crippen molar-refractivity contribution in [1.82, 2.24) is 4.90 Å². The molecular weight excluding hydrogens is 359 g/mol. The Hall–Kier alpha value is -2.18. The number of halogens is 1. The van der Waals surface area contributed by atoms with Crippen LogP contribution >= 0.6 is 0 Å². The molecule has 0 spiro atoms. The van der Waals surface area contributed by atoms with Gasteiger partial charge in [-0.2, -0.15) is 5.26 Å². The quantitative estimate of drug-likeness (QED) is 0.514. The standard InChI is InChI=1S/C26H33FN2/c1-21(29(2)19-17-22-10-4-3-5-11-22)16-18-26(20-28,23-12-6-7-13-23)24-14-8-9-15-25(24)27/h3-5,8-11,14-15,21,23H,6-7,12-13,16-19H2,1-2H3. The SMILES string of the molecule is CC(CCC(C#N)(c1ccccc1F)C1CCCC1)N(C)CCc1ccccc1. The summed E-state index contributed by atoms with van der Waals surface area (Å²) in [7, 11) is 2.15. The predicted octanol–water partition coefficient (Wildman–Crippen LogP) is 6.12. The third kappa shape index (κ3) is 5.06. The van der Waals surface area contributed by atoms with Gasteiger partial charge in [-0.3, -0.25) is 0 Å². The van der Waals surface area contributed by atoms with Crippen LogP contribution in [0.5, 0.6) is 0 Å². The van der Waals surface area contributed by atoms with Gasteiger partial charge in [0.1, 0.15) is 5.82 Å². The third-order valence-corrected chi connectivity index (χ3v) is 6.91. The molecule has 0 bridgehead atoms. The number of benzene rings is 2. The van der Waals surface area contributed by atoms with Gasteiger partial charge < -0.3 is 4.90 Å². The van der Waals surface area contributed by atoms with Crippen molar-refractivity contribution < 1.29 is 4.39 Å². The molecule has 2 nitrogen and oxygen atoms in total. The minimum atomic E-state index is -0.712. The van der Waals surface area contributed by atoms with Gasteiger partial charge in [-0.05, 0) is 63.6 Å². The first-order chi connectivity index (χ1) is 14.1. The fraction of sp³-hybridized carbons (Fsp3) is 0.500. The second-order valence-corrected chi connectivity index (χ2v) is 8.65. The largest absolute Gasteiger partial charge is 0.303 e. The normalized spacial score (nSPS) is 17.8. The van der Waals surface area contributed by atoms with E-state index in [4.69, 9.17) is 0 Å². The number of hydrogen-bond donors (Lipinski definition) is 0. The highest BCUT2D eigenvalue weighted by Crippen LogP contribution is 2.46. The minimum Gasteiger partial charge on any atom is -0.303 e. The van der Waals surface area contributed by atoms with Gasteiger partial charge in [-0.15, -0.1) is 0 Å². The molecule has 29 heavy (non-hydrogen) atoms. The van der Waals surface area contributed by atoms with Crippen LogP contribution in [0, 0.1) is 23.1 Å². The Labute approximate surface area is 175 Å². The van der Waals surface area contributed by atoms with Crippen molar-refractivity contribution >= 4 is 0 Å². The molecule has 3 heteroatoms. The zero-order valence-electron chi connectivity index (χ0n) is 17.8. The molecule has 1 aliphatic carbocycles. The lowest BCUT2D eigenvalue weighted by Gasteiger charge is -2.36. The van der Waals surface area contributed by atoms with E-state index in [1.54, 1.807) is 6.07 Å². The molecule has 1 aliphatic rings. The highest BCUT2D eigenvalue weighted by molar-refractivity contribution is 5.35. The number of nitrogens with zero attached hydrogens (tertiary/aromatic N) is 2. The van der Waals surface area contributed by atoms with Crippen molar-refractivity contribution in [3.8, 4) is 6.07 Å². The molecule has 0 amide bonds. The van der Waals surface area contributed by atoms with Crippen LogP contribution in [0.1, 0.15) is 56.6 Å². The number of hydrogen-bond acceptors (Lipinski definition) is 2. The maximum atomic E-state index is 14.8. The van der Waals surface area contributed by atoms with Crippen molar-refractivity contribution in [1.29, 1.82) is 5.26 Å². The smallest absolute Gasteiger partial charge is 0.128 e. The summed E-state index contributed by atoms with van der Waals surface area (Å²) < 4.78 is 14.8. The van der Waals surface area contributed by atoms with E-state index in [1.165, 1.54) is 11.6 Å². The summed E-state index contributed by atoms with van der Waals surface area (Å²) >= 11 is 0.